The first kappa shape index (κ1) is 10.5. The molecule has 0 bridgehead atoms. The third kappa shape index (κ3) is 2.73. The molecule has 0 saturated carbocycles. The van der Waals surface area contributed by atoms with Crippen LogP contribution >= 0.6 is 0 Å². The van der Waals surface area contributed by atoms with Crippen molar-refractivity contribution in [2.24, 2.45) is 0 Å². The summed E-state index contributed by atoms with van der Waals surface area (Å²) in [4.78, 5) is 0. The van der Waals surface area contributed by atoms with Gasteiger partial charge in [-0.05, 0) is 18.1 Å². The van der Waals surface area contributed by atoms with Gasteiger partial charge in [0.25, 0.3) is 10.3 Å². The summed E-state index contributed by atoms with van der Waals surface area (Å²) < 4.78 is 20.7. The number of allylic oxidation sites excluding steroid dienone is 2. The van der Waals surface area contributed by atoms with E-state index in [-0.39, 0.29) is 0 Å². The fraction of sp³-hybridized carbons (Fsp3) is 0.0909. The van der Waals surface area contributed by atoms with Crippen LogP contribution in [-0.2, 0) is 10.3 Å². The van der Waals surface area contributed by atoms with Gasteiger partial charge in [0.2, 0.25) is 0 Å². The van der Waals surface area contributed by atoms with Crippen molar-refractivity contribution < 1.29 is 8.42 Å². The third-order valence-corrected chi connectivity index (χ3v) is 2.28. The zero-order chi connectivity index (χ0) is 10.6. The Balaban J connectivity index is 3.18. The zero-order valence-electron chi connectivity index (χ0n) is 7.82. The Morgan fingerprint density at radius 2 is 1.86 bits per heavy atom. The van der Waals surface area contributed by atoms with Gasteiger partial charge in [0.1, 0.15) is 0 Å². The van der Waals surface area contributed by atoms with Crippen molar-refractivity contribution >= 4 is 20.9 Å². The maximum Gasteiger partial charge on any atom is 0.260 e. The normalized spacial score (nSPS) is 8.93. The van der Waals surface area contributed by atoms with Crippen LogP contribution in [0.1, 0.15) is 12.5 Å². The molecule has 3 heteroatoms. The monoisotopic (exact) mass is 206 g/mol. The highest BCUT2D eigenvalue weighted by molar-refractivity contribution is 7.70. The predicted molar refractivity (Wildman–Crippen MR) is 58.6 cm³/mol. The van der Waals surface area contributed by atoms with Gasteiger partial charge >= 0.3 is 0 Å². The van der Waals surface area contributed by atoms with Crippen molar-refractivity contribution in [3.8, 4) is 0 Å². The molecule has 0 aliphatic heterocycles. The summed E-state index contributed by atoms with van der Waals surface area (Å²) in [7, 11) is -2.29. The van der Waals surface area contributed by atoms with Crippen molar-refractivity contribution in [1.82, 2.24) is 0 Å². The van der Waals surface area contributed by atoms with Gasteiger partial charge in [-0.2, -0.15) is 8.42 Å². The molecule has 0 N–H and O–H groups in total. The van der Waals surface area contributed by atoms with Gasteiger partial charge in [-0.15, -0.1) is 0 Å². The molecule has 0 saturated heterocycles. The predicted octanol–water partition coefficient (Wildman–Crippen LogP) is 1.93. The van der Waals surface area contributed by atoms with Crippen LogP contribution < -0.4 is 0 Å². The van der Waals surface area contributed by atoms with Crippen LogP contribution in [0.3, 0.4) is 0 Å². The lowest BCUT2D eigenvalue weighted by Crippen LogP contribution is -1.84. The fourth-order valence-electron chi connectivity index (χ4n) is 1.04. The smallest absolute Gasteiger partial charge is 0.176 e. The van der Waals surface area contributed by atoms with Crippen LogP contribution in [0.4, 0.5) is 0 Å². The van der Waals surface area contributed by atoms with Crippen LogP contribution in [0.15, 0.2) is 42.5 Å². The minimum atomic E-state index is -2.29. The van der Waals surface area contributed by atoms with Crippen molar-refractivity contribution in [3.05, 3.63) is 48.0 Å². The van der Waals surface area contributed by atoms with E-state index >= 15 is 0 Å². The van der Waals surface area contributed by atoms with Crippen LogP contribution in [0.25, 0.3) is 5.57 Å². The van der Waals surface area contributed by atoms with E-state index in [4.69, 9.17) is 0 Å². The van der Waals surface area contributed by atoms with Crippen molar-refractivity contribution in [2.75, 3.05) is 0 Å². The average molecular weight is 206 g/mol. The molecule has 0 atom stereocenters. The Hall–Kier alpha value is -1.57. The molecule has 0 amide bonds. The second-order valence-electron chi connectivity index (χ2n) is 2.81. The van der Waals surface area contributed by atoms with Crippen LogP contribution in [0, 0.1) is 0 Å². The van der Waals surface area contributed by atoms with E-state index in [2.05, 4.69) is 11.6 Å². The summed E-state index contributed by atoms with van der Waals surface area (Å²) in [5.41, 5.74) is 2.11. The summed E-state index contributed by atoms with van der Waals surface area (Å²) in [6.07, 6.45) is 0. The van der Waals surface area contributed by atoms with Gasteiger partial charge < -0.3 is 0 Å². The lowest BCUT2D eigenvalue weighted by Gasteiger charge is -2.01. The molecule has 0 heterocycles. The summed E-state index contributed by atoms with van der Waals surface area (Å²) >= 11 is 0. The Kier molecular flexibility index (Phi) is 3.46. The Labute approximate surface area is 84.7 Å². The van der Waals surface area contributed by atoms with Gasteiger partial charge in [-0.3, -0.25) is 0 Å². The first-order chi connectivity index (χ1) is 6.61. The molecule has 0 spiro atoms. The molecular weight excluding hydrogens is 196 g/mol. The van der Waals surface area contributed by atoms with Gasteiger partial charge in [0.15, 0.2) is 0 Å². The highest BCUT2D eigenvalue weighted by atomic mass is 32.2. The Morgan fingerprint density at radius 1 is 1.29 bits per heavy atom. The van der Waals surface area contributed by atoms with E-state index in [1.54, 1.807) is 6.92 Å². The van der Waals surface area contributed by atoms with E-state index in [1.807, 2.05) is 30.3 Å². The fourth-order valence-corrected chi connectivity index (χ4v) is 1.42. The molecule has 1 rings (SSSR count). The first-order valence-electron chi connectivity index (χ1n) is 4.05. The largest absolute Gasteiger partial charge is 0.260 e. The van der Waals surface area contributed by atoms with Crippen LogP contribution in [0.2, 0.25) is 0 Å². The molecule has 1 aromatic carbocycles. The highest BCUT2D eigenvalue weighted by Crippen LogP contribution is 2.17. The second-order valence-corrected chi connectivity index (χ2v) is 3.48. The average Bonchev–Trinajstić information content (AvgIpc) is 2.17. The van der Waals surface area contributed by atoms with Crippen LogP contribution in [0.5, 0.6) is 0 Å². The molecule has 0 aromatic heterocycles. The van der Waals surface area contributed by atoms with Crippen molar-refractivity contribution in [2.45, 2.75) is 6.92 Å². The lowest BCUT2D eigenvalue weighted by molar-refractivity contribution is 0.627. The van der Waals surface area contributed by atoms with E-state index in [0.29, 0.717) is 11.1 Å². The van der Waals surface area contributed by atoms with Gasteiger partial charge in [0, 0.05) is 10.6 Å². The number of rotatable bonds is 2. The maximum absolute atomic E-state index is 10.4. The van der Waals surface area contributed by atoms with E-state index in [9.17, 15) is 8.42 Å². The molecule has 0 aliphatic carbocycles. The van der Waals surface area contributed by atoms with Gasteiger partial charge in [0.05, 0.1) is 0 Å². The minimum absolute atomic E-state index is 0.532. The Morgan fingerprint density at radius 3 is 2.36 bits per heavy atom. The summed E-state index contributed by atoms with van der Waals surface area (Å²) in [6.45, 7) is 5.48. The molecule has 2 nitrogen and oxygen atoms in total. The lowest BCUT2D eigenvalue weighted by atomic mass is 10.0. The van der Waals surface area contributed by atoms with E-state index < -0.39 is 10.3 Å². The number of benzene rings is 1. The molecule has 1 aromatic rings. The van der Waals surface area contributed by atoms with E-state index in [1.165, 1.54) is 0 Å². The molecule has 72 valence electrons. The topological polar surface area (TPSA) is 34.1 Å². The molecule has 0 unspecified atom stereocenters. The summed E-state index contributed by atoms with van der Waals surface area (Å²) in [5, 5.41) is 2.27. The van der Waals surface area contributed by atoms with Crippen molar-refractivity contribution in [3.63, 3.8) is 0 Å². The molecular formula is C11H10O2S. The number of hydrogen-bond acceptors (Lipinski definition) is 2. The summed E-state index contributed by atoms with van der Waals surface area (Å²) in [6, 6.07) is 9.40. The van der Waals surface area contributed by atoms with E-state index in [0.717, 1.165) is 5.56 Å². The first-order valence-corrected chi connectivity index (χ1v) is 5.13. The van der Waals surface area contributed by atoms with Gasteiger partial charge in [-0.1, -0.05) is 36.9 Å². The van der Waals surface area contributed by atoms with Gasteiger partial charge in [-0.25, -0.2) is 0 Å². The SMILES string of the molecule is C=C(C(C)=C=S(=O)=O)c1ccccc1. The third-order valence-electron chi connectivity index (χ3n) is 1.81. The Bertz CT molecular complexity index is 495. The molecule has 0 radical (unpaired) electrons. The highest BCUT2D eigenvalue weighted by Gasteiger charge is 1.99. The number of hydrogen-bond donors (Lipinski definition) is 0. The van der Waals surface area contributed by atoms with Crippen molar-refractivity contribution in [1.29, 1.82) is 0 Å². The molecule has 14 heavy (non-hydrogen) atoms. The molecule has 0 fully saturated rings. The maximum atomic E-state index is 10.4. The van der Waals surface area contributed by atoms with Crippen LogP contribution in [-0.4, -0.2) is 13.4 Å². The minimum Gasteiger partial charge on any atom is -0.176 e. The zero-order valence-corrected chi connectivity index (χ0v) is 8.64. The summed E-state index contributed by atoms with van der Waals surface area (Å²) in [5.74, 6) is 0. The molecule has 0 aliphatic rings. The quantitative estimate of drug-likeness (QED) is 0.547. The second kappa shape index (κ2) is 4.61. The standard InChI is InChI=1S/C11H10O2S/c1-9(8-14(12)13)10(2)11-6-4-3-5-7-11/h3-7H,2H2,1H3.